The molecule has 2 aromatic carbocycles. The summed E-state index contributed by atoms with van der Waals surface area (Å²) in [5.41, 5.74) is 0.730. The van der Waals surface area contributed by atoms with E-state index in [2.05, 4.69) is 0 Å². The smallest absolute Gasteiger partial charge is 0.216 e. The Kier molecular flexibility index (Phi) is 4.20. The van der Waals surface area contributed by atoms with Crippen molar-refractivity contribution in [1.29, 1.82) is 0 Å². The minimum absolute atomic E-state index is 0.118. The fraction of sp³-hybridized carbons (Fsp3) is 0.333. The lowest BCUT2D eigenvalue weighted by atomic mass is 9.96. The van der Waals surface area contributed by atoms with Crippen LogP contribution in [0.4, 0.5) is 0 Å². The van der Waals surface area contributed by atoms with Gasteiger partial charge in [0.15, 0.2) is 0 Å². The number of hydrogen-bond acceptors (Lipinski definition) is 3. The van der Waals surface area contributed by atoms with Crippen LogP contribution in [0.25, 0.3) is 10.8 Å². The average Bonchev–Trinajstić information content (AvgIpc) is 2.55. The van der Waals surface area contributed by atoms with Gasteiger partial charge in [0.2, 0.25) is 5.78 Å². The first-order valence-electron chi connectivity index (χ1n) is 7.70. The highest BCUT2D eigenvalue weighted by Crippen LogP contribution is 2.15. The van der Waals surface area contributed by atoms with Crippen LogP contribution in [-0.2, 0) is 4.79 Å². The molecule has 2 aromatic rings. The lowest BCUT2D eigenvalue weighted by molar-refractivity contribution is -0.897. The summed E-state index contributed by atoms with van der Waals surface area (Å²) in [6, 6.07) is 13.8. The van der Waals surface area contributed by atoms with Crippen LogP contribution < -0.4 is 10.0 Å². The van der Waals surface area contributed by atoms with Crippen LogP contribution in [0, 0.1) is 5.92 Å². The van der Waals surface area contributed by atoms with Crippen molar-refractivity contribution < 1.29 is 19.6 Å². The predicted octanol–water partition coefficient (Wildman–Crippen LogP) is 0.0673. The zero-order chi connectivity index (χ0) is 15.5. The number of hydrogen-bond donors (Lipinski definition) is 1. The lowest BCUT2D eigenvalue weighted by Gasteiger charge is -2.29. The third kappa shape index (κ3) is 3.17. The molecule has 3 rings (SSSR count). The zero-order valence-corrected chi connectivity index (χ0v) is 12.4. The molecule has 0 amide bonds. The van der Waals surface area contributed by atoms with Gasteiger partial charge in [-0.2, -0.15) is 0 Å². The van der Waals surface area contributed by atoms with E-state index in [-0.39, 0.29) is 11.7 Å². The summed E-state index contributed by atoms with van der Waals surface area (Å²) in [7, 11) is 0. The minimum Gasteiger partial charge on any atom is -0.550 e. The van der Waals surface area contributed by atoms with Crippen LogP contribution >= 0.6 is 0 Å². The number of piperidine rings is 1. The molecule has 0 spiro atoms. The first-order chi connectivity index (χ1) is 10.6. The topological polar surface area (TPSA) is 61.6 Å². The largest absolute Gasteiger partial charge is 0.550 e. The van der Waals surface area contributed by atoms with Crippen LogP contribution in [0.3, 0.4) is 0 Å². The molecule has 1 fully saturated rings. The molecular weight excluding hydrogens is 278 g/mol. The SMILES string of the molecule is O=C(C[NH+]1CCC(C(=O)[O-])CC1)c1ccc2ccccc2c1. The summed E-state index contributed by atoms with van der Waals surface area (Å²) in [4.78, 5) is 24.4. The van der Waals surface area contributed by atoms with Crippen molar-refractivity contribution in [3.63, 3.8) is 0 Å². The monoisotopic (exact) mass is 297 g/mol. The fourth-order valence-corrected chi connectivity index (χ4v) is 3.13. The highest BCUT2D eigenvalue weighted by Gasteiger charge is 2.24. The molecule has 0 bridgehead atoms. The summed E-state index contributed by atoms with van der Waals surface area (Å²) in [5.74, 6) is -1.19. The molecule has 114 valence electrons. The lowest BCUT2D eigenvalue weighted by Crippen LogP contribution is -3.14. The van der Waals surface area contributed by atoms with Crippen molar-refractivity contribution in [2.24, 2.45) is 5.92 Å². The first kappa shape index (κ1) is 14.7. The number of ketones is 1. The van der Waals surface area contributed by atoms with Gasteiger partial charge in [-0.05, 0) is 16.8 Å². The maximum atomic E-state index is 12.4. The number of benzene rings is 2. The maximum Gasteiger partial charge on any atom is 0.216 e. The molecule has 1 aliphatic heterocycles. The van der Waals surface area contributed by atoms with E-state index in [0.29, 0.717) is 19.4 Å². The van der Waals surface area contributed by atoms with Crippen molar-refractivity contribution in [3.8, 4) is 0 Å². The molecule has 22 heavy (non-hydrogen) atoms. The zero-order valence-electron chi connectivity index (χ0n) is 12.4. The van der Waals surface area contributed by atoms with Gasteiger partial charge in [0.1, 0.15) is 6.54 Å². The van der Waals surface area contributed by atoms with E-state index in [1.807, 2.05) is 42.5 Å². The van der Waals surface area contributed by atoms with Crippen LogP contribution in [0.1, 0.15) is 23.2 Å². The summed E-state index contributed by atoms with van der Waals surface area (Å²) in [6.07, 6.45) is 1.20. The molecule has 1 N–H and O–H groups in total. The first-order valence-corrected chi connectivity index (χ1v) is 7.70. The molecule has 0 radical (unpaired) electrons. The summed E-state index contributed by atoms with van der Waals surface area (Å²) in [5, 5.41) is 13.0. The van der Waals surface area contributed by atoms with E-state index in [4.69, 9.17) is 0 Å². The number of fused-ring (bicyclic) bond motifs is 1. The molecule has 0 atom stereocenters. The number of carboxylic acids is 1. The van der Waals surface area contributed by atoms with Gasteiger partial charge < -0.3 is 14.8 Å². The molecular formula is C18H19NO3. The van der Waals surface area contributed by atoms with Gasteiger partial charge in [0.05, 0.1) is 13.1 Å². The van der Waals surface area contributed by atoms with Crippen LogP contribution in [0.2, 0.25) is 0 Å². The number of nitrogens with one attached hydrogen (secondary N) is 1. The van der Waals surface area contributed by atoms with Crippen molar-refractivity contribution in [3.05, 3.63) is 48.0 Å². The standard InChI is InChI=1S/C18H19NO3/c20-17(12-19-9-7-14(8-10-19)18(21)22)16-6-5-13-3-1-2-4-15(13)11-16/h1-6,11,14H,7-10,12H2,(H,21,22). The van der Waals surface area contributed by atoms with Crippen LogP contribution in [0.5, 0.6) is 0 Å². The van der Waals surface area contributed by atoms with Gasteiger partial charge in [0.25, 0.3) is 0 Å². The summed E-state index contributed by atoms with van der Waals surface area (Å²) < 4.78 is 0. The molecule has 0 unspecified atom stereocenters. The Balaban J connectivity index is 1.65. The highest BCUT2D eigenvalue weighted by molar-refractivity contribution is 6.00. The number of quaternary nitrogens is 1. The summed E-state index contributed by atoms with van der Waals surface area (Å²) in [6.45, 7) is 1.87. The number of Topliss-reactive ketones (excluding diaryl/α,β-unsaturated/α-hetero) is 1. The second-order valence-corrected chi connectivity index (χ2v) is 6.01. The van der Waals surface area contributed by atoms with E-state index in [1.54, 1.807) is 0 Å². The van der Waals surface area contributed by atoms with Crippen molar-refractivity contribution in [2.75, 3.05) is 19.6 Å². The van der Waals surface area contributed by atoms with E-state index in [9.17, 15) is 14.7 Å². The average molecular weight is 297 g/mol. The number of aliphatic carboxylic acids is 1. The predicted molar refractivity (Wildman–Crippen MR) is 81.6 cm³/mol. The fourth-order valence-electron chi connectivity index (χ4n) is 3.13. The van der Waals surface area contributed by atoms with Gasteiger partial charge in [-0.25, -0.2) is 0 Å². The molecule has 0 saturated carbocycles. The Morgan fingerprint density at radius 1 is 1.05 bits per heavy atom. The van der Waals surface area contributed by atoms with E-state index < -0.39 is 5.97 Å². The highest BCUT2D eigenvalue weighted by atomic mass is 16.4. The van der Waals surface area contributed by atoms with E-state index in [0.717, 1.165) is 34.3 Å². The Morgan fingerprint density at radius 2 is 1.73 bits per heavy atom. The van der Waals surface area contributed by atoms with Crippen molar-refractivity contribution >= 4 is 22.5 Å². The van der Waals surface area contributed by atoms with Crippen molar-refractivity contribution in [1.82, 2.24) is 0 Å². The minimum atomic E-state index is -0.958. The normalized spacial score (nSPS) is 21.6. The molecule has 4 heteroatoms. The van der Waals surface area contributed by atoms with Gasteiger partial charge in [-0.1, -0.05) is 36.4 Å². The third-order valence-electron chi connectivity index (χ3n) is 4.51. The van der Waals surface area contributed by atoms with Gasteiger partial charge in [-0.3, -0.25) is 4.79 Å². The van der Waals surface area contributed by atoms with Gasteiger partial charge in [-0.15, -0.1) is 0 Å². The maximum absolute atomic E-state index is 12.4. The van der Waals surface area contributed by atoms with Crippen LogP contribution in [-0.4, -0.2) is 31.4 Å². The number of carbonyl (C=O) groups is 2. The molecule has 1 aliphatic rings. The van der Waals surface area contributed by atoms with E-state index in [1.165, 1.54) is 0 Å². The molecule has 0 aromatic heterocycles. The second kappa shape index (κ2) is 6.28. The summed E-state index contributed by atoms with van der Waals surface area (Å²) >= 11 is 0. The van der Waals surface area contributed by atoms with Gasteiger partial charge in [0, 0.05) is 30.3 Å². The van der Waals surface area contributed by atoms with E-state index >= 15 is 0 Å². The number of rotatable bonds is 4. The Labute approximate surface area is 129 Å². The molecule has 1 heterocycles. The van der Waals surface area contributed by atoms with Crippen molar-refractivity contribution in [2.45, 2.75) is 12.8 Å². The Hall–Kier alpha value is -2.20. The third-order valence-corrected chi connectivity index (χ3v) is 4.51. The second-order valence-electron chi connectivity index (χ2n) is 6.01. The number of carbonyl (C=O) groups excluding carboxylic acids is 2. The number of carboxylic acid groups (broad SMARTS) is 1. The molecule has 1 saturated heterocycles. The number of likely N-dealkylation sites (tertiary alicyclic amines) is 1. The Morgan fingerprint density at radius 3 is 2.41 bits per heavy atom. The molecule has 0 aliphatic carbocycles. The van der Waals surface area contributed by atoms with Crippen LogP contribution in [0.15, 0.2) is 42.5 Å². The Bertz CT molecular complexity index is 702. The van der Waals surface area contributed by atoms with Gasteiger partial charge >= 0.3 is 0 Å². The molecule has 4 nitrogen and oxygen atoms in total. The quantitative estimate of drug-likeness (QED) is 0.812.